The van der Waals surface area contributed by atoms with Crippen LogP contribution in [0.5, 0.6) is 0 Å². The molecule has 21 heavy (non-hydrogen) atoms. The highest BCUT2D eigenvalue weighted by atomic mass is 35.5. The molecule has 3 nitrogen and oxygen atoms in total. The number of alkyl halides is 3. The highest BCUT2D eigenvalue weighted by Crippen LogP contribution is 2.40. The van der Waals surface area contributed by atoms with Crippen LogP contribution in [-0.4, -0.2) is 10.1 Å². The molecule has 0 atom stereocenters. The predicted molar refractivity (Wildman–Crippen MR) is 77.8 cm³/mol. The fraction of sp³-hybridized carbons (Fsp3) is 0.182. The van der Waals surface area contributed by atoms with Crippen LogP contribution in [0.15, 0.2) is 12.1 Å². The number of rotatable bonds is 3. The molecule has 0 radical (unpaired) electrons. The van der Waals surface area contributed by atoms with E-state index in [4.69, 9.17) is 39.9 Å². The van der Waals surface area contributed by atoms with Crippen LogP contribution in [0.1, 0.15) is 10.6 Å². The third-order valence-electron chi connectivity index (χ3n) is 2.35. The Balaban J connectivity index is 2.39. The molecular formula is C11H6Cl3F3N2OS. The zero-order valence-electron chi connectivity index (χ0n) is 9.93. The molecule has 1 aromatic heterocycles. The zero-order valence-corrected chi connectivity index (χ0v) is 13.0. The average molecular weight is 378 g/mol. The zero-order chi connectivity index (χ0) is 15.8. The summed E-state index contributed by atoms with van der Waals surface area (Å²) in [4.78, 5) is 3.12. The Labute approximate surface area is 136 Å². The summed E-state index contributed by atoms with van der Waals surface area (Å²) in [6, 6.07) is 2.78. The molecule has 0 saturated heterocycles. The van der Waals surface area contributed by atoms with Crippen LogP contribution in [-0.2, 0) is 12.8 Å². The number of hydrogen-bond donors (Lipinski definition) is 2. The number of thiazole rings is 1. The summed E-state index contributed by atoms with van der Waals surface area (Å²) < 4.78 is 38.2. The molecule has 0 fully saturated rings. The summed E-state index contributed by atoms with van der Waals surface area (Å²) in [5.74, 6) is 0. The van der Waals surface area contributed by atoms with Gasteiger partial charge in [-0.05, 0) is 12.1 Å². The van der Waals surface area contributed by atoms with Crippen LogP contribution in [0.25, 0.3) is 0 Å². The van der Waals surface area contributed by atoms with E-state index in [9.17, 15) is 13.2 Å². The number of aromatic nitrogens is 1. The van der Waals surface area contributed by atoms with Gasteiger partial charge in [0.15, 0.2) is 10.8 Å². The molecule has 0 aliphatic rings. The van der Waals surface area contributed by atoms with Crippen LogP contribution in [0.4, 0.5) is 24.0 Å². The Morgan fingerprint density at radius 1 is 1.19 bits per heavy atom. The van der Waals surface area contributed by atoms with E-state index in [-0.39, 0.29) is 25.7 Å². The molecule has 0 unspecified atom stereocenters. The van der Waals surface area contributed by atoms with Gasteiger partial charge in [-0.15, -0.1) is 0 Å². The summed E-state index contributed by atoms with van der Waals surface area (Å²) in [7, 11) is 0. The van der Waals surface area contributed by atoms with Crippen molar-refractivity contribution in [2.24, 2.45) is 0 Å². The fourth-order valence-corrected chi connectivity index (χ4v) is 3.26. The highest BCUT2D eigenvalue weighted by Gasteiger charge is 2.37. The first-order valence-electron chi connectivity index (χ1n) is 5.31. The number of aliphatic hydroxyl groups is 1. The van der Waals surface area contributed by atoms with Crippen molar-refractivity contribution in [3.8, 4) is 0 Å². The summed E-state index contributed by atoms with van der Waals surface area (Å²) in [5.41, 5.74) is -0.951. The molecule has 10 heteroatoms. The lowest BCUT2D eigenvalue weighted by Gasteiger charge is -2.08. The monoisotopic (exact) mass is 376 g/mol. The van der Waals surface area contributed by atoms with E-state index in [2.05, 4.69) is 10.3 Å². The van der Waals surface area contributed by atoms with E-state index in [1.54, 1.807) is 0 Å². The third-order valence-corrected chi connectivity index (χ3v) is 4.12. The first-order chi connectivity index (χ1) is 9.72. The number of halogens is 6. The van der Waals surface area contributed by atoms with Gasteiger partial charge in [0.25, 0.3) is 0 Å². The molecule has 0 spiro atoms. The van der Waals surface area contributed by atoms with Crippen LogP contribution in [0.3, 0.4) is 0 Å². The minimum Gasteiger partial charge on any atom is -0.391 e. The highest BCUT2D eigenvalue weighted by molar-refractivity contribution is 7.15. The quantitative estimate of drug-likeness (QED) is 0.757. The molecule has 2 rings (SSSR count). The van der Waals surface area contributed by atoms with Crippen molar-refractivity contribution in [2.45, 2.75) is 12.8 Å². The molecule has 0 saturated carbocycles. The molecule has 0 aliphatic heterocycles. The molecular weight excluding hydrogens is 372 g/mol. The molecule has 114 valence electrons. The largest absolute Gasteiger partial charge is 0.434 e. The van der Waals surface area contributed by atoms with Gasteiger partial charge in [0.2, 0.25) is 0 Å². The summed E-state index contributed by atoms with van der Waals surface area (Å²) in [5, 5.41) is 12.1. The molecule has 2 N–H and O–H groups in total. The van der Waals surface area contributed by atoms with Gasteiger partial charge in [0.05, 0.1) is 27.2 Å². The maximum absolute atomic E-state index is 12.7. The van der Waals surface area contributed by atoms with Gasteiger partial charge < -0.3 is 10.4 Å². The lowest BCUT2D eigenvalue weighted by atomic mass is 10.3. The van der Waals surface area contributed by atoms with Crippen LogP contribution >= 0.6 is 46.1 Å². The van der Waals surface area contributed by atoms with Crippen molar-refractivity contribution in [3.05, 3.63) is 37.8 Å². The Hall–Kier alpha value is -0.730. The number of nitrogens with zero attached hydrogens (tertiary/aromatic N) is 1. The number of hydrogen-bond acceptors (Lipinski definition) is 4. The summed E-state index contributed by atoms with van der Waals surface area (Å²) in [6.45, 7) is -0.768. The first kappa shape index (κ1) is 16.6. The normalized spacial score (nSPS) is 11.8. The molecule has 0 bridgehead atoms. The van der Waals surface area contributed by atoms with Crippen molar-refractivity contribution in [1.29, 1.82) is 0 Å². The van der Waals surface area contributed by atoms with E-state index < -0.39 is 18.5 Å². The van der Waals surface area contributed by atoms with Gasteiger partial charge in [0, 0.05) is 5.02 Å². The second kappa shape index (κ2) is 6.18. The van der Waals surface area contributed by atoms with Crippen molar-refractivity contribution in [1.82, 2.24) is 4.98 Å². The maximum atomic E-state index is 12.7. The molecule has 1 aromatic carbocycles. The number of benzene rings is 1. The topological polar surface area (TPSA) is 45.1 Å². The number of anilines is 2. The molecule has 0 aliphatic carbocycles. The van der Waals surface area contributed by atoms with Gasteiger partial charge in [-0.3, -0.25) is 0 Å². The second-order valence-electron chi connectivity index (χ2n) is 3.82. The summed E-state index contributed by atoms with van der Waals surface area (Å²) >= 11 is 18.3. The van der Waals surface area contributed by atoms with Gasteiger partial charge in [-0.2, -0.15) is 13.2 Å². The van der Waals surface area contributed by atoms with Crippen molar-refractivity contribution in [3.63, 3.8) is 0 Å². The second-order valence-corrected chi connectivity index (χ2v) is 6.15. The molecule has 2 aromatic rings. The van der Waals surface area contributed by atoms with Crippen molar-refractivity contribution >= 4 is 57.0 Å². The van der Waals surface area contributed by atoms with Crippen LogP contribution < -0.4 is 5.32 Å². The van der Waals surface area contributed by atoms with Crippen LogP contribution in [0, 0.1) is 0 Å². The van der Waals surface area contributed by atoms with E-state index in [0.717, 1.165) is 0 Å². The Morgan fingerprint density at radius 3 is 2.19 bits per heavy atom. The lowest BCUT2D eigenvalue weighted by Crippen LogP contribution is -2.08. The number of nitrogens with one attached hydrogen (secondary N) is 1. The minimum absolute atomic E-state index is 0.0857. The average Bonchev–Trinajstić information content (AvgIpc) is 2.76. The number of aliphatic hydroxyl groups excluding tert-OH is 1. The SMILES string of the molecule is OCc1sc(Nc2c(Cl)cc(Cl)cc2Cl)nc1C(F)(F)F. The van der Waals surface area contributed by atoms with Gasteiger partial charge in [-0.25, -0.2) is 4.98 Å². The van der Waals surface area contributed by atoms with Crippen molar-refractivity contribution in [2.75, 3.05) is 5.32 Å². The van der Waals surface area contributed by atoms with E-state index >= 15 is 0 Å². The van der Waals surface area contributed by atoms with Crippen LogP contribution in [0.2, 0.25) is 15.1 Å². The van der Waals surface area contributed by atoms with Gasteiger partial charge in [-0.1, -0.05) is 46.1 Å². The summed E-state index contributed by atoms with van der Waals surface area (Å²) in [6.07, 6.45) is -4.65. The van der Waals surface area contributed by atoms with E-state index in [1.807, 2.05) is 0 Å². The van der Waals surface area contributed by atoms with Gasteiger partial charge >= 0.3 is 6.18 Å². The van der Waals surface area contributed by atoms with E-state index in [1.165, 1.54) is 12.1 Å². The standard InChI is InChI=1S/C11H6Cl3F3N2OS/c12-4-1-5(13)8(6(14)2-4)18-10-19-9(11(15,16)17)7(3-20)21-10/h1-2,20H,3H2,(H,18,19). The lowest BCUT2D eigenvalue weighted by molar-refractivity contribution is -0.141. The molecule has 1 heterocycles. The minimum atomic E-state index is -4.65. The predicted octanol–water partition coefficient (Wildman–Crippen LogP) is 5.36. The van der Waals surface area contributed by atoms with Crippen molar-refractivity contribution < 1.29 is 18.3 Å². The van der Waals surface area contributed by atoms with Gasteiger partial charge in [0.1, 0.15) is 0 Å². The Bertz CT molecular complexity index is 652. The smallest absolute Gasteiger partial charge is 0.391 e. The Kier molecular flexibility index (Phi) is 4.89. The third kappa shape index (κ3) is 3.73. The Morgan fingerprint density at radius 2 is 1.76 bits per heavy atom. The first-order valence-corrected chi connectivity index (χ1v) is 7.26. The van der Waals surface area contributed by atoms with E-state index in [0.29, 0.717) is 16.4 Å². The molecule has 0 amide bonds. The maximum Gasteiger partial charge on any atom is 0.434 e. The fourth-order valence-electron chi connectivity index (χ4n) is 1.50.